The summed E-state index contributed by atoms with van der Waals surface area (Å²) < 4.78 is 16.3. The molecule has 0 radical (unpaired) electrons. The van der Waals surface area contributed by atoms with Gasteiger partial charge in [0.2, 0.25) is 0 Å². The van der Waals surface area contributed by atoms with Gasteiger partial charge in [-0.3, -0.25) is 9.59 Å². The molecule has 8 unspecified atom stereocenters. The van der Waals surface area contributed by atoms with Crippen LogP contribution < -0.4 is 0 Å². The molecule has 8 atom stereocenters. The maximum Gasteiger partial charge on any atom is 0.338 e. The summed E-state index contributed by atoms with van der Waals surface area (Å²) in [7, 11) is 2.82. The zero-order valence-corrected chi connectivity index (χ0v) is 21.5. The molecule has 34 heavy (non-hydrogen) atoms. The van der Waals surface area contributed by atoms with E-state index in [-0.39, 0.29) is 24.0 Å². The number of aliphatic hydroxyl groups is 1. The Morgan fingerprint density at radius 2 is 1.85 bits per heavy atom. The lowest BCUT2D eigenvalue weighted by molar-refractivity contribution is -0.165. The third-order valence-corrected chi connectivity index (χ3v) is 6.63. The Morgan fingerprint density at radius 1 is 1.21 bits per heavy atom. The molecule has 2 N–H and O–H groups in total. The third-order valence-electron chi connectivity index (χ3n) is 6.63. The molecule has 0 spiro atoms. The molecule has 0 fully saturated rings. The van der Waals surface area contributed by atoms with Crippen molar-refractivity contribution in [3.8, 4) is 0 Å². The molecule has 0 aliphatic carbocycles. The van der Waals surface area contributed by atoms with Gasteiger partial charge in [0.15, 0.2) is 6.10 Å². The molecule has 0 saturated heterocycles. The Kier molecular flexibility index (Phi) is 12.7. The van der Waals surface area contributed by atoms with Gasteiger partial charge in [-0.25, -0.2) is 4.79 Å². The second kappa shape index (κ2) is 14.4. The van der Waals surface area contributed by atoms with Crippen LogP contribution in [0.2, 0.25) is 0 Å². The van der Waals surface area contributed by atoms with E-state index in [1.165, 1.54) is 14.2 Å². The van der Waals surface area contributed by atoms with Gasteiger partial charge in [0.05, 0.1) is 12.5 Å². The minimum Gasteiger partial charge on any atom is -0.481 e. The number of aliphatic hydroxyl groups excluding tert-OH is 1. The quantitative estimate of drug-likeness (QED) is 0.378. The van der Waals surface area contributed by atoms with Crippen molar-refractivity contribution in [2.45, 2.75) is 84.7 Å². The number of hydrogen-bond donors (Lipinski definition) is 2. The fourth-order valence-corrected chi connectivity index (χ4v) is 4.41. The van der Waals surface area contributed by atoms with Crippen molar-refractivity contribution in [2.24, 2.45) is 23.7 Å². The van der Waals surface area contributed by atoms with Crippen LogP contribution in [-0.4, -0.2) is 66.6 Å². The van der Waals surface area contributed by atoms with E-state index in [1.807, 2.05) is 19.9 Å². The Hall–Kier alpha value is -2.03. The molecule has 0 amide bonds. The number of carboxylic acids is 1. The van der Waals surface area contributed by atoms with E-state index in [9.17, 15) is 19.5 Å². The number of esters is 1. The number of aliphatic carboxylic acids is 1. The van der Waals surface area contributed by atoms with Gasteiger partial charge in [0.1, 0.15) is 18.0 Å². The van der Waals surface area contributed by atoms with Crippen molar-refractivity contribution in [3.05, 3.63) is 23.8 Å². The largest absolute Gasteiger partial charge is 0.481 e. The highest BCUT2D eigenvalue weighted by molar-refractivity contribution is 5.85. The molecular weight excluding hydrogens is 440 g/mol. The van der Waals surface area contributed by atoms with Crippen molar-refractivity contribution < 1.29 is 38.8 Å². The molecular formula is C26H42O8. The predicted octanol–water partition coefficient (Wildman–Crippen LogP) is 3.56. The molecule has 0 aromatic heterocycles. The third kappa shape index (κ3) is 8.96. The van der Waals surface area contributed by atoms with E-state index >= 15 is 0 Å². The van der Waals surface area contributed by atoms with E-state index in [0.29, 0.717) is 5.57 Å². The molecule has 1 aliphatic heterocycles. The van der Waals surface area contributed by atoms with Crippen molar-refractivity contribution >= 4 is 17.7 Å². The van der Waals surface area contributed by atoms with Crippen LogP contribution in [0, 0.1) is 23.7 Å². The van der Waals surface area contributed by atoms with Gasteiger partial charge < -0.3 is 24.4 Å². The first-order valence-corrected chi connectivity index (χ1v) is 12.0. The average molecular weight is 483 g/mol. The predicted molar refractivity (Wildman–Crippen MR) is 128 cm³/mol. The summed E-state index contributed by atoms with van der Waals surface area (Å²) in [6.45, 7) is 9.28. The number of methoxy groups -OCH3 is 2. The van der Waals surface area contributed by atoms with Crippen molar-refractivity contribution in [2.75, 3.05) is 14.2 Å². The Bertz CT molecular complexity index is 743. The summed E-state index contributed by atoms with van der Waals surface area (Å²) >= 11 is 0. The van der Waals surface area contributed by atoms with Gasteiger partial charge in [-0.05, 0) is 37.2 Å². The highest BCUT2D eigenvalue weighted by Gasteiger charge is 2.33. The smallest absolute Gasteiger partial charge is 0.338 e. The number of Topliss-reactive ketones (excluding diaryl/α,β-unsaturated/α-hetero) is 1. The SMILES string of the molecule is COC1/C=C/C(C)CCCC(C)C(/C(C)=C/C(C)C(=O)C(C)C(CC(=O)O)OC)OC(=O)C1O. The number of allylic oxidation sites excluding steroid dienone is 2. The first kappa shape index (κ1) is 30.0. The van der Waals surface area contributed by atoms with Gasteiger partial charge in [0, 0.05) is 26.1 Å². The normalized spacial score (nSPS) is 30.8. The van der Waals surface area contributed by atoms with E-state index in [0.717, 1.165) is 19.3 Å². The number of carboxylic acid groups (broad SMARTS) is 1. The van der Waals surface area contributed by atoms with Gasteiger partial charge in [0.25, 0.3) is 0 Å². The molecule has 0 aromatic rings. The summed E-state index contributed by atoms with van der Waals surface area (Å²) in [5.41, 5.74) is 0.711. The summed E-state index contributed by atoms with van der Waals surface area (Å²) in [5, 5.41) is 19.6. The molecule has 0 aromatic carbocycles. The number of ether oxygens (including phenoxy) is 3. The fraction of sp³-hybridized carbons (Fsp3) is 0.731. The molecule has 8 heteroatoms. The first-order valence-electron chi connectivity index (χ1n) is 12.0. The highest BCUT2D eigenvalue weighted by Crippen LogP contribution is 2.27. The lowest BCUT2D eigenvalue weighted by Gasteiger charge is -2.29. The second-order valence-electron chi connectivity index (χ2n) is 9.54. The van der Waals surface area contributed by atoms with Crippen LogP contribution in [0.4, 0.5) is 0 Å². The molecule has 1 aliphatic rings. The Labute approximate surface area is 203 Å². The van der Waals surface area contributed by atoms with Crippen LogP contribution in [-0.2, 0) is 28.6 Å². The van der Waals surface area contributed by atoms with E-state index in [2.05, 4.69) is 6.92 Å². The summed E-state index contributed by atoms with van der Waals surface area (Å²) in [5.74, 6) is -2.86. The van der Waals surface area contributed by atoms with Crippen LogP contribution in [0.25, 0.3) is 0 Å². The molecule has 0 saturated carbocycles. The number of ketones is 1. The molecule has 0 bridgehead atoms. The number of rotatable bonds is 9. The summed E-state index contributed by atoms with van der Waals surface area (Å²) in [6, 6.07) is 0. The Morgan fingerprint density at radius 3 is 2.41 bits per heavy atom. The van der Waals surface area contributed by atoms with Crippen LogP contribution in [0.5, 0.6) is 0 Å². The van der Waals surface area contributed by atoms with Gasteiger partial charge in [-0.1, -0.05) is 52.3 Å². The minimum atomic E-state index is -1.46. The van der Waals surface area contributed by atoms with Crippen LogP contribution in [0.15, 0.2) is 23.8 Å². The first-order chi connectivity index (χ1) is 15.9. The van der Waals surface area contributed by atoms with Crippen LogP contribution in [0.1, 0.15) is 60.3 Å². The molecule has 1 rings (SSSR count). The topological polar surface area (TPSA) is 119 Å². The van der Waals surface area contributed by atoms with Crippen LogP contribution >= 0.6 is 0 Å². The zero-order chi connectivity index (χ0) is 26.0. The second-order valence-corrected chi connectivity index (χ2v) is 9.54. The maximum atomic E-state index is 13.0. The lowest BCUT2D eigenvalue weighted by Crippen LogP contribution is -2.39. The minimum absolute atomic E-state index is 0.0255. The van der Waals surface area contributed by atoms with Gasteiger partial charge in [-0.15, -0.1) is 0 Å². The summed E-state index contributed by atoms with van der Waals surface area (Å²) in [4.78, 5) is 36.8. The zero-order valence-electron chi connectivity index (χ0n) is 21.5. The molecule has 194 valence electrons. The van der Waals surface area contributed by atoms with Crippen molar-refractivity contribution in [1.82, 2.24) is 0 Å². The van der Waals surface area contributed by atoms with Crippen molar-refractivity contribution in [3.63, 3.8) is 0 Å². The number of carbonyl (C=O) groups is 3. The lowest BCUT2D eigenvalue weighted by atomic mass is 9.86. The average Bonchev–Trinajstić information content (AvgIpc) is 2.78. The molecule has 8 nitrogen and oxygen atoms in total. The van der Waals surface area contributed by atoms with E-state index in [4.69, 9.17) is 19.3 Å². The monoisotopic (exact) mass is 482 g/mol. The van der Waals surface area contributed by atoms with E-state index < -0.39 is 48.2 Å². The number of hydrogen-bond acceptors (Lipinski definition) is 7. The van der Waals surface area contributed by atoms with E-state index in [1.54, 1.807) is 26.0 Å². The standard InChI is InChI=1S/C26H42O8/c1-15-9-8-10-16(2)25(34-26(31)24(30)20(32-6)12-11-15)18(4)13-17(3)23(29)19(5)21(33-7)14-22(27)28/h11-13,15-17,19-21,24-25,30H,8-10,14H2,1-7H3,(H,27,28)/b12-11+,18-13+. The maximum absolute atomic E-state index is 13.0. The highest BCUT2D eigenvalue weighted by atomic mass is 16.6. The Balaban J connectivity index is 3.13. The van der Waals surface area contributed by atoms with Crippen LogP contribution in [0.3, 0.4) is 0 Å². The fourth-order valence-electron chi connectivity index (χ4n) is 4.41. The van der Waals surface area contributed by atoms with Gasteiger partial charge in [-0.2, -0.15) is 0 Å². The summed E-state index contributed by atoms with van der Waals surface area (Å²) in [6.07, 6.45) is 4.23. The van der Waals surface area contributed by atoms with Crippen molar-refractivity contribution in [1.29, 1.82) is 0 Å². The van der Waals surface area contributed by atoms with Gasteiger partial charge >= 0.3 is 11.9 Å². The number of cyclic esters (lactones) is 1. The number of carbonyl (C=O) groups excluding carboxylic acids is 2. The molecule has 1 heterocycles.